The predicted octanol–water partition coefficient (Wildman–Crippen LogP) is 7.85. The molecule has 2 heteroatoms. The van der Waals surface area contributed by atoms with E-state index in [0.29, 0.717) is 0 Å². The van der Waals surface area contributed by atoms with E-state index in [9.17, 15) is 0 Å². The molecule has 6 aromatic rings. The van der Waals surface area contributed by atoms with Gasteiger partial charge in [-0.3, -0.25) is 0 Å². The second-order valence-electron chi connectivity index (χ2n) is 7.18. The van der Waals surface area contributed by atoms with E-state index < -0.39 is 0 Å². The van der Waals surface area contributed by atoms with Gasteiger partial charge in [0.15, 0.2) is 0 Å². The van der Waals surface area contributed by atoms with E-state index in [1.54, 1.807) is 0 Å². The molecule has 0 saturated carbocycles. The molecule has 1 nitrogen and oxygen atoms in total. The number of hydrogen-bond donors (Lipinski definition) is 0. The number of halogens is 1. The van der Waals surface area contributed by atoms with E-state index in [0.717, 1.165) is 4.47 Å². The van der Waals surface area contributed by atoms with Crippen LogP contribution in [0.3, 0.4) is 0 Å². The first-order valence-electron chi connectivity index (χ1n) is 9.41. The summed E-state index contributed by atoms with van der Waals surface area (Å²) in [7, 11) is 0. The highest BCUT2D eigenvalue weighted by Crippen LogP contribution is 2.38. The van der Waals surface area contributed by atoms with Crippen molar-refractivity contribution in [2.45, 2.75) is 0 Å². The van der Waals surface area contributed by atoms with Gasteiger partial charge >= 0.3 is 0 Å². The second-order valence-corrected chi connectivity index (χ2v) is 8.09. The molecule has 1 heterocycles. The lowest BCUT2D eigenvalue weighted by atomic mass is 10.00. The van der Waals surface area contributed by atoms with E-state index >= 15 is 0 Å². The van der Waals surface area contributed by atoms with Crippen LogP contribution in [0, 0.1) is 0 Å². The molecule has 0 bridgehead atoms. The highest BCUT2D eigenvalue weighted by Gasteiger charge is 2.15. The van der Waals surface area contributed by atoms with Crippen molar-refractivity contribution >= 4 is 59.3 Å². The molecule has 1 aromatic heterocycles. The highest BCUT2D eigenvalue weighted by atomic mass is 79.9. The Labute approximate surface area is 171 Å². The maximum atomic E-state index is 3.67. The average molecular weight is 422 g/mol. The number of nitrogens with zero attached hydrogens (tertiary/aromatic N) is 1. The summed E-state index contributed by atoms with van der Waals surface area (Å²) in [5.74, 6) is 0. The first kappa shape index (κ1) is 15.9. The lowest BCUT2D eigenvalue weighted by molar-refractivity contribution is 1.20. The lowest BCUT2D eigenvalue weighted by Gasteiger charge is -2.14. The fourth-order valence-corrected chi connectivity index (χ4v) is 4.77. The van der Waals surface area contributed by atoms with Gasteiger partial charge in [-0.05, 0) is 40.4 Å². The third-order valence-electron chi connectivity index (χ3n) is 5.62. The summed E-state index contributed by atoms with van der Waals surface area (Å²) in [6.07, 6.45) is 0. The SMILES string of the molecule is Brc1ccc2c3ccccc3n(-c3cc4ccccc4c4ccccc34)c2c1. The van der Waals surface area contributed by atoms with Gasteiger partial charge in [0.05, 0.1) is 16.7 Å². The molecule has 132 valence electrons. The Hall–Kier alpha value is -3.10. The van der Waals surface area contributed by atoms with Gasteiger partial charge in [0.2, 0.25) is 0 Å². The molecular formula is C26H16BrN. The molecule has 0 saturated heterocycles. The Morgan fingerprint density at radius 1 is 0.500 bits per heavy atom. The van der Waals surface area contributed by atoms with E-state index in [1.165, 1.54) is 49.0 Å². The summed E-state index contributed by atoms with van der Waals surface area (Å²) in [5.41, 5.74) is 3.67. The molecule has 0 aliphatic heterocycles. The minimum absolute atomic E-state index is 1.09. The molecule has 0 aliphatic carbocycles. The molecule has 0 radical (unpaired) electrons. The highest BCUT2D eigenvalue weighted by molar-refractivity contribution is 9.10. The van der Waals surface area contributed by atoms with Crippen LogP contribution in [0.15, 0.2) is 102 Å². The van der Waals surface area contributed by atoms with Crippen molar-refractivity contribution in [1.29, 1.82) is 0 Å². The molecule has 5 aromatic carbocycles. The van der Waals surface area contributed by atoms with Crippen molar-refractivity contribution in [3.63, 3.8) is 0 Å². The molecule has 6 rings (SSSR count). The fourth-order valence-electron chi connectivity index (χ4n) is 4.42. The van der Waals surface area contributed by atoms with Crippen LogP contribution in [0.4, 0.5) is 0 Å². The van der Waals surface area contributed by atoms with Crippen LogP contribution in [0.5, 0.6) is 0 Å². The predicted molar refractivity (Wildman–Crippen MR) is 123 cm³/mol. The van der Waals surface area contributed by atoms with Crippen molar-refractivity contribution < 1.29 is 0 Å². The summed E-state index contributed by atoms with van der Waals surface area (Å²) in [4.78, 5) is 0. The van der Waals surface area contributed by atoms with Crippen molar-refractivity contribution in [3.8, 4) is 5.69 Å². The lowest BCUT2D eigenvalue weighted by Crippen LogP contribution is -1.96. The Kier molecular flexibility index (Phi) is 3.38. The van der Waals surface area contributed by atoms with Crippen LogP contribution in [-0.2, 0) is 0 Å². The zero-order valence-corrected chi connectivity index (χ0v) is 16.6. The summed E-state index contributed by atoms with van der Waals surface area (Å²) < 4.78 is 3.50. The first-order valence-corrected chi connectivity index (χ1v) is 10.2. The average Bonchev–Trinajstić information content (AvgIpc) is 3.06. The number of rotatable bonds is 1. The van der Waals surface area contributed by atoms with Crippen LogP contribution in [0.25, 0.3) is 49.0 Å². The van der Waals surface area contributed by atoms with Gasteiger partial charge in [-0.1, -0.05) is 88.7 Å². The maximum Gasteiger partial charge on any atom is 0.0552 e. The molecule has 0 aliphatic rings. The third kappa shape index (κ3) is 2.18. The summed E-state index contributed by atoms with van der Waals surface area (Å²) in [6.45, 7) is 0. The standard InChI is InChI=1S/C26H16BrN/c27-18-13-14-23-22-11-5-6-12-24(22)28(26(23)16-18)25-15-17-7-1-2-8-19(17)20-9-3-4-10-21(20)25/h1-16H. The van der Waals surface area contributed by atoms with Crippen molar-refractivity contribution in [1.82, 2.24) is 4.57 Å². The number of benzene rings is 5. The molecular weight excluding hydrogens is 406 g/mol. The molecule has 0 fully saturated rings. The van der Waals surface area contributed by atoms with Gasteiger partial charge in [0.1, 0.15) is 0 Å². The Bertz CT molecular complexity index is 1520. The topological polar surface area (TPSA) is 4.93 Å². The van der Waals surface area contributed by atoms with Gasteiger partial charge in [-0.15, -0.1) is 0 Å². The van der Waals surface area contributed by atoms with Crippen molar-refractivity contribution in [2.24, 2.45) is 0 Å². The Morgan fingerprint density at radius 3 is 2.00 bits per heavy atom. The molecule has 0 unspecified atom stereocenters. The summed E-state index contributed by atoms with van der Waals surface area (Å²) in [6, 6.07) is 34.9. The van der Waals surface area contributed by atoms with Gasteiger partial charge in [-0.2, -0.15) is 0 Å². The molecule has 0 N–H and O–H groups in total. The Morgan fingerprint density at radius 2 is 1.14 bits per heavy atom. The monoisotopic (exact) mass is 421 g/mol. The van der Waals surface area contributed by atoms with Crippen LogP contribution in [0.2, 0.25) is 0 Å². The number of aromatic nitrogens is 1. The first-order chi connectivity index (χ1) is 13.8. The van der Waals surface area contributed by atoms with E-state index in [4.69, 9.17) is 0 Å². The number of fused-ring (bicyclic) bond motifs is 6. The molecule has 0 atom stereocenters. The van der Waals surface area contributed by atoms with Crippen molar-refractivity contribution in [3.05, 3.63) is 102 Å². The van der Waals surface area contributed by atoms with Crippen LogP contribution in [-0.4, -0.2) is 4.57 Å². The van der Waals surface area contributed by atoms with Gasteiger partial charge in [-0.25, -0.2) is 0 Å². The van der Waals surface area contributed by atoms with Gasteiger partial charge < -0.3 is 4.57 Å². The van der Waals surface area contributed by atoms with Crippen LogP contribution < -0.4 is 0 Å². The number of para-hydroxylation sites is 1. The van der Waals surface area contributed by atoms with Gasteiger partial charge in [0, 0.05) is 20.6 Å². The van der Waals surface area contributed by atoms with E-state index in [-0.39, 0.29) is 0 Å². The summed E-state index contributed by atoms with van der Waals surface area (Å²) in [5, 5.41) is 7.67. The minimum Gasteiger partial charge on any atom is -0.309 e. The molecule has 0 amide bonds. The second kappa shape index (κ2) is 5.95. The smallest absolute Gasteiger partial charge is 0.0552 e. The number of hydrogen-bond acceptors (Lipinski definition) is 0. The normalized spacial score (nSPS) is 11.8. The largest absolute Gasteiger partial charge is 0.309 e. The van der Waals surface area contributed by atoms with E-state index in [1.807, 2.05) is 0 Å². The summed E-state index contributed by atoms with van der Waals surface area (Å²) >= 11 is 3.67. The van der Waals surface area contributed by atoms with Crippen LogP contribution >= 0.6 is 15.9 Å². The molecule has 0 spiro atoms. The minimum atomic E-state index is 1.09. The van der Waals surface area contributed by atoms with Gasteiger partial charge in [0.25, 0.3) is 0 Å². The Balaban J connectivity index is 1.88. The fraction of sp³-hybridized carbons (Fsp3) is 0. The quantitative estimate of drug-likeness (QED) is 0.238. The third-order valence-corrected chi connectivity index (χ3v) is 6.12. The molecule has 28 heavy (non-hydrogen) atoms. The van der Waals surface area contributed by atoms with Crippen LogP contribution in [0.1, 0.15) is 0 Å². The zero-order valence-electron chi connectivity index (χ0n) is 15.1. The zero-order chi connectivity index (χ0) is 18.7. The maximum absolute atomic E-state index is 3.67. The van der Waals surface area contributed by atoms with Crippen molar-refractivity contribution in [2.75, 3.05) is 0 Å². The van der Waals surface area contributed by atoms with E-state index in [2.05, 4.69) is 118 Å².